The average Bonchev–Trinajstić information content (AvgIpc) is 2.53. The van der Waals surface area contributed by atoms with Crippen LogP contribution in [0.2, 0.25) is 0 Å². The maximum Gasteiger partial charge on any atom is 0.225 e. The van der Waals surface area contributed by atoms with Gasteiger partial charge < -0.3 is 10.2 Å². The lowest BCUT2D eigenvalue weighted by Crippen LogP contribution is -2.49. The zero-order valence-corrected chi connectivity index (χ0v) is 13.2. The number of nitrogens with one attached hydrogen (secondary N) is 1. The molecule has 1 aromatic rings. The minimum atomic E-state index is -3.14. The van der Waals surface area contributed by atoms with Crippen molar-refractivity contribution in [1.29, 1.82) is 0 Å². The van der Waals surface area contributed by atoms with Crippen molar-refractivity contribution >= 4 is 16.0 Å². The topological polar surface area (TPSA) is 78.4 Å². The summed E-state index contributed by atoms with van der Waals surface area (Å²) in [5, 5.41) is 3.14. The number of anilines is 1. The molecule has 0 aliphatic carbocycles. The molecule has 118 valence electrons. The summed E-state index contributed by atoms with van der Waals surface area (Å²) in [7, 11) is -3.14. The molecule has 1 aliphatic rings. The second-order valence-corrected chi connectivity index (χ2v) is 7.05. The summed E-state index contributed by atoms with van der Waals surface area (Å²) in [6.45, 7) is 5.90. The lowest BCUT2D eigenvalue weighted by Gasteiger charge is -2.33. The monoisotopic (exact) mass is 313 g/mol. The van der Waals surface area contributed by atoms with Crippen LogP contribution in [0.25, 0.3) is 0 Å². The number of hydrogen-bond donors (Lipinski definition) is 1. The third-order valence-electron chi connectivity index (χ3n) is 3.47. The van der Waals surface area contributed by atoms with E-state index in [1.165, 1.54) is 0 Å². The van der Waals surface area contributed by atoms with Gasteiger partial charge in [0.2, 0.25) is 16.0 Å². The summed E-state index contributed by atoms with van der Waals surface area (Å²) in [6, 6.07) is 1.77. The molecule has 7 nitrogen and oxygen atoms in total. The van der Waals surface area contributed by atoms with E-state index < -0.39 is 10.0 Å². The highest BCUT2D eigenvalue weighted by atomic mass is 32.2. The van der Waals surface area contributed by atoms with E-state index in [1.807, 2.05) is 11.8 Å². The normalized spacial score (nSPS) is 17.1. The standard InChI is InChI=1S/C13H23N5O2S/c1-2-14-5-4-12-21(19,20)18-10-8-17(9-11-18)13-15-6-3-7-16-13/h3,6-7,14H,2,4-5,8-12H2,1H3. The Kier molecular flexibility index (Phi) is 5.89. The Morgan fingerprint density at radius 1 is 1.19 bits per heavy atom. The molecule has 1 aromatic heterocycles. The third-order valence-corrected chi connectivity index (χ3v) is 5.43. The molecule has 21 heavy (non-hydrogen) atoms. The molecule has 1 N–H and O–H groups in total. The first-order valence-corrected chi connectivity index (χ1v) is 8.95. The molecular weight excluding hydrogens is 290 g/mol. The maximum atomic E-state index is 12.2. The molecule has 2 rings (SSSR count). The Balaban J connectivity index is 1.83. The zero-order chi connectivity index (χ0) is 15.1. The largest absolute Gasteiger partial charge is 0.338 e. The van der Waals surface area contributed by atoms with Crippen molar-refractivity contribution in [1.82, 2.24) is 19.6 Å². The van der Waals surface area contributed by atoms with Crippen LogP contribution in [0.3, 0.4) is 0 Å². The van der Waals surface area contributed by atoms with Crippen LogP contribution in [0.15, 0.2) is 18.5 Å². The lowest BCUT2D eigenvalue weighted by atomic mass is 10.4. The van der Waals surface area contributed by atoms with Gasteiger partial charge in [-0.05, 0) is 25.6 Å². The minimum absolute atomic E-state index is 0.210. The van der Waals surface area contributed by atoms with Crippen LogP contribution in [0.1, 0.15) is 13.3 Å². The maximum absolute atomic E-state index is 12.2. The Hall–Kier alpha value is -1.25. The highest BCUT2D eigenvalue weighted by Crippen LogP contribution is 2.13. The molecule has 0 bridgehead atoms. The van der Waals surface area contributed by atoms with Gasteiger partial charge in [0.05, 0.1) is 5.75 Å². The number of sulfonamides is 1. The van der Waals surface area contributed by atoms with E-state index in [2.05, 4.69) is 15.3 Å². The molecule has 1 saturated heterocycles. The van der Waals surface area contributed by atoms with Crippen molar-refractivity contribution in [3.8, 4) is 0 Å². The van der Waals surface area contributed by atoms with Crippen LogP contribution in [0.4, 0.5) is 5.95 Å². The summed E-state index contributed by atoms with van der Waals surface area (Å²) in [4.78, 5) is 10.4. The third kappa shape index (κ3) is 4.62. The van der Waals surface area contributed by atoms with Crippen LogP contribution in [0, 0.1) is 0 Å². The molecule has 0 spiro atoms. The molecule has 1 fully saturated rings. The van der Waals surface area contributed by atoms with Gasteiger partial charge in [-0.25, -0.2) is 18.4 Å². The molecule has 2 heterocycles. The Morgan fingerprint density at radius 3 is 2.48 bits per heavy atom. The number of nitrogens with zero attached hydrogens (tertiary/aromatic N) is 4. The van der Waals surface area contributed by atoms with Gasteiger partial charge in [-0.3, -0.25) is 0 Å². The van der Waals surface area contributed by atoms with E-state index in [0.717, 1.165) is 13.1 Å². The number of aromatic nitrogens is 2. The summed E-state index contributed by atoms with van der Waals surface area (Å²) in [5.41, 5.74) is 0. The molecule has 1 aliphatic heterocycles. The summed E-state index contributed by atoms with van der Waals surface area (Å²) >= 11 is 0. The Labute approximate surface area is 126 Å². The van der Waals surface area contributed by atoms with Crippen molar-refractivity contribution < 1.29 is 8.42 Å². The number of hydrogen-bond acceptors (Lipinski definition) is 6. The van der Waals surface area contributed by atoms with Gasteiger partial charge in [-0.15, -0.1) is 0 Å². The predicted molar refractivity (Wildman–Crippen MR) is 82.8 cm³/mol. The minimum Gasteiger partial charge on any atom is -0.338 e. The fraction of sp³-hybridized carbons (Fsp3) is 0.692. The molecule has 0 atom stereocenters. The van der Waals surface area contributed by atoms with Crippen LogP contribution in [0.5, 0.6) is 0 Å². The smallest absolute Gasteiger partial charge is 0.225 e. The van der Waals surface area contributed by atoms with Crippen LogP contribution in [-0.4, -0.2) is 67.7 Å². The molecule has 8 heteroatoms. The van der Waals surface area contributed by atoms with Crippen molar-refractivity contribution in [3.63, 3.8) is 0 Å². The van der Waals surface area contributed by atoms with E-state index in [4.69, 9.17) is 0 Å². The van der Waals surface area contributed by atoms with Gasteiger partial charge in [-0.1, -0.05) is 6.92 Å². The van der Waals surface area contributed by atoms with Gasteiger partial charge in [0.1, 0.15) is 0 Å². The molecule has 0 unspecified atom stereocenters. The predicted octanol–water partition coefficient (Wildman–Crippen LogP) is -0.0720. The highest BCUT2D eigenvalue weighted by Gasteiger charge is 2.27. The van der Waals surface area contributed by atoms with Crippen LogP contribution >= 0.6 is 0 Å². The van der Waals surface area contributed by atoms with Crippen LogP contribution < -0.4 is 10.2 Å². The Bertz CT molecular complexity index is 515. The first-order chi connectivity index (χ1) is 10.1. The lowest BCUT2D eigenvalue weighted by molar-refractivity contribution is 0.382. The van der Waals surface area contributed by atoms with E-state index in [0.29, 0.717) is 38.5 Å². The van der Waals surface area contributed by atoms with Gasteiger partial charge in [0, 0.05) is 38.6 Å². The summed E-state index contributed by atoms with van der Waals surface area (Å²) < 4.78 is 26.1. The first kappa shape index (κ1) is 16.1. The number of piperazine rings is 1. The van der Waals surface area contributed by atoms with Crippen LogP contribution in [-0.2, 0) is 10.0 Å². The first-order valence-electron chi connectivity index (χ1n) is 7.34. The van der Waals surface area contributed by atoms with E-state index in [9.17, 15) is 8.42 Å². The molecule has 0 saturated carbocycles. The van der Waals surface area contributed by atoms with E-state index >= 15 is 0 Å². The molecule has 0 radical (unpaired) electrons. The van der Waals surface area contributed by atoms with Gasteiger partial charge >= 0.3 is 0 Å². The van der Waals surface area contributed by atoms with Crippen molar-refractivity contribution in [3.05, 3.63) is 18.5 Å². The van der Waals surface area contributed by atoms with Gasteiger partial charge in [0.15, 0.2) is 0 Å². The second-order valence-electron chi connectivity index (χ2n) is 4.96. The second kappa shape index (κ2) is 7.67. The van der Waals surface area contributed by atoms with Gasteiger partial charge in [0.25, 0.3) is 0 Å². The molecular formula is C13H23N5O2S. The SMILES string of the molecule is CCNCCCS(=O)(=O)N1CCN(c2ncccn2)CC1. The van der Waals surface area contributed by atoms with Crippen molar-refractivity contribution in [2.75, 3.05) is 49.9 Å². The molecule has 0 amide bonds. The summed E-state index contributed by atoms with van der Waals surface area (Å²) in [5.74, 6) is 0.878. The van der Waals surface area contributed by atoms with Crippen molar-refractivity contribution in [2.24, 2.45) is 0 Å². The summed E-state index contributed by atoms with van der Waals surface area (Å²) in [6.07, 6.45) is 4.05. The van der Waals surface area contributed by atoms with E-state index in [-0.39, 0.29) is 5.75 Å². The Morgan fingerprint density at radius 2 is 1.86 bits per heavy atom. The van der Waals surface area contributed by atoms with Gasteiger partial charge in [-0.2, -0.15) is 4.31 Å². The van der Waals surface area contributed by atoms with E-state index in [1.54, 1.807) is 22.8 Å². The highest BCUT2D eigenvalue weighted by molar-refractivity contribution is 7.89. The quantitative estimate of drug-likeness (QED) is 0.710. The zero-order valence-electron chi connectivity index (χ0n) is 12.4. The fourth-order valence-corrected chi connectivity index (χ4v) is 3.79. The molecule has 0 aromatic carbocycles. The van der Waals surface area contributed by atoms with Crippen molar-refractivity contribution in [2.45, 2.75) is 13.3 Å². The average molecular weight is 313 g/mol. The fourth-order valence-electron chi connectivity index (χ4n) is 2.31. The number of rotatable bonds is 7.